The Morgan fingerprint density at radius 2 is 1.93 bits per heavy atom. The Kier molecular flexibility index (Phi) is 6.10. The SMILES string of the molecule is COc1ccc(CC(=O)NCc2cccc(Cn3cccn3)c2)c(OC)c1. The van der Waals surface area contributed by atoms with Crippen LogP contribution in [0.3, 0.4) is 0 Å². The predicted molar refractivity (Wildman–Crippen MR) is 103 cm³/mol. The molecule has 27 heavy (non-hydrogen) atoms. The fourth-order valence-corrected chi connectivity index (χ4v) is 2.85. The van der Waals surface area contributed by atoms with Crippen LogP contribution in [-0.4, -0.2) is 29.9 Å². The fraction of sp³-hybridized carbons (Fsp3) is 0.238. The zero-order valence-corrected chi connectivity index (χ0v) is 15.5. The number of rotatable bonds is 8. The van der Waals surface area contributed by atoms with Gasteiger partial charge in [-0.2, -0.15) is 5.10 Å². The number of nitrogens with zero attached hydrogens (tertiary/aromatic N) is 2. The van der Waals surface area contributed by atoms with Crippen LogP contribution < -0.4 is 14.8 Å². The molecule has 3 rings (SSSR count). The molecule has 0 spiro atoms. The standard InChI is InChI=1S/C21H23N3O3/c1-26-19-8-7-18(20(13-19)27-2)12-21(25)22-14-16-5-3-6-17(11-16)15-24-10-4-9-23-24/h3-11,13H,12,14-15H2,1-2H3,(H,22,25). The van der Waals surface area contributed by atoms with Crippen molar-refractivity contribution >= 4 is 5.91 Å². The normalized spacial score (nSPS) is 10.4. The van der Waals surface area contributed by atoms with Crippen molar-refractivity contribution in [3.8, 4) is 11.5 Å². The van der Waals surface area contributed by atoms with Gasteiger partial charge in [0.15, 0.2) is 0 Å². The lowest BCUT2D eigenvalue weighted by atomic mass is 10.1. The summed E-state index contributed by atoms with van der Waals surface area (Å²) in [6.45, 7) is 1.18. The molecule has 0 aliphatic carbocycles. The van der Waals surface area contributed by atoms with Crippen molar-refractivity contribution in [1.29, 1.82) is 0 Å². The van der Waals surface area contributed by atoms with E-state index in [0.29, 0.717) is 24.6 Å². The second kappa shape index (κ2) is 8.89. The summed E-state index contributed by atoms with van der Waals surface area (Å²) in [5, 5.41) is 7.18. The zero-order valence-electron chi connectivity index (χ0n) is 15.5. The first kappa shape index (κ1) is 18.5. The third kappa shape index (κ3) is 5.10. The molecule has 3 aromatic rings. The molecule has 6 nitrogen and oxygen atoms in total. The van der Waals surface area contributed by atoms with Crippen LogP contribution in [0.15, 0.2) is 60.9 Å². The van der Waals surface area contributed by atoms with Gasteiger partial charge in [0.2, 0.25) is 5.91 Å². The van der Waals surface area contributed by atoms with Gasteiger partial charge in [0, 0.05) is 30.6 Å². The van der Waals surface area contributed by atoms with Crippen molar-refractivity contribution in [2.45, 2.75) is 19.5 Å². The van der Waals surface area contributed by atoms with Gasteiger partial charge in [-0.25, -0.2) is 0 Å². The summed E-state index contributed by atoms with van der Waals surface area (Å²) in [6.07, 6.45) is 3.94. The summed E-state index contributed by atoms with van der Waals surface area (Å²) in [5.41, 5.74) is 3.01. The van der Waals surface area contributed by atoms with Crippen LogP contribution in [-0.2, 0) is 24.3 Å². The van der Waals surface area contributed by atoms with E-state index >= 15 is 0 Å². The Bertz CT molecular complexity index is 891. The minimum absolute atomic E-state index is 0.0593. The van der Waals surface area contributed by atoms with Gasteiger partial charge >= 0.3 is 0 Å². The van der Waals surface area contributed by atoms with Crippen molar-refractivity contribution in [3.05, 3.63) is 77.6 Å². The molecule has 0 fully saturated rings. The average Bonchev–Trinajstić information content (AvgIpc) is 3.20. The van der Waals surface area contributed by atoms with Gasteiger partial charge in [-0.05, 0) is 23.3 Å². The molecule has 1 heterocycles. The number of carbonyl (C=O) groups is 1. The van der Waals surface area contributed by atoms with E-state index in [2.05, 4.69) is 22.5 Å². The second-order valence-electron chi connectivity index (χ2n) is 6.15. The van der Waals surface area contributed by atoms with Gasteiger partial charge in [-0.1, -0.05) is 30.3 Å². The smallest absolute Gasteiger partial charge is 0.224 e. The number of methoxy groups -OCH3 is 2. The maximum atomic E-state index is 12.3. The molecular formula is C21H23N3O3. The molecule has 0 saturated carbocycles. The Hall–Kier alpha value is -3.28. The number of ether oxygens (including phenoxy) is 2. The number of nitrogens with one attached hydrogen (secondary N) is 1. The Labute approximate surface area is 158 Å². The zero-order chi connectivity index (χ0) is 19.1. The highest BCUT2D eigenvalue weighted by Gasteiger charge is 2.10. The number of amides is 1. The van der Waals surface area contributed by atoms with E-state index in [1.807, 2.05) is 41.2 Å². The molecule has 2 aromatic carbocycles. The molecule has 0 aliphatic rings. The second-order valence-corrected chi connectivity index (χ2v) is 6.15. The Morgan fingerprint density at radius 3 is 2.67 bits per heavy atom. The first-order chi connectivity index (χ1) is 13.2. The van der Waals surface area contributed by atoms with Gasteiger partial charge in [0.05, 0.1) is 27.2 Å². The quantitative estimate of drug-likeness (QED) is 0.667. The summed E-state index contributed by atoms with van der Waals surface area (Å²) in [7, 11) is 3.18. The van der Waals surface area contributed by atoms with Crippen molar-refractivity contribution in [1.82, 2.24) is 15.1 Å². The monoisotopic (exact) mass is 365 g/mol. The van der Waals surface area contributed by atoms with Crippen molar-refractivity contribution in [2.24, 2.45) is 0 Å². The van der Waals surface area contributed by atoms with E-state index in [-0.39, 0.29) is 12.3 Å². The molecule has 0 aliphatic heterocycles. The van der Waals surface area contributed by atoms with Crippen LogP contribution in [0.4, 0.5) is 0 Å². The lowest BCUT2D eigenvalue weighted by Gasteiger charge is -2.11. The average molecular weight is 365 g/mol. The molecule has 0 saturated heterocycles. The van der Waals surface area contributed by atoms with Crippen molar-refractivity contribution in [2.75, 3.05) is 14.2 Å². The highest BCUT2D eigenvalue weighted by Crippen LogP contribution is 2.24. The number of hydrogen-bond acceptors (Lipinski definition) is 4. The van der Waals surface area contributed by atoms with Crippen LogP contribution in [0.5, 0.6) is 11.5 Å². The Balaban J connectivity index is 1.58. The maximum absolute atomic E-state index is 12.3. The number of hydrogen-bond donors (Lipinski definition) is 1. The molecule has 1 aromatic heterocycles. The van der Waals surface area contributed by atoms with Crippen molar-refractivity contribution in [3.63, 3.8) is 0 Å². The molecule has 6 heteroatoms. The third-order valence-electron chi connectivity index (χ3n) is 4.23. The van der Waals surface area contributed by atoms with Crippen LogP contribution in [0, 0.1) is 0 Å². The minimum Gasteiger partial charge on any atom is -0.497 e. The summed E-state index contributed by atoms with van der Waals surface area (Å²) in [5.74, 6) is 1.28. The molecule has 0 atom stereocenters. The Morgan fingerprint density at radius 1 is 1.07 bits per heavy atom. The predicted octanol–water partition coefficient (Wildman–Crippen LogP) is 2.81. The largest absolute Gasteiger partial charge is 0.497 e. The van der Waals surface area contributed by atoms with Gasteiger partial charge < -0.3 is 14.8 Å². The highest BCUT2D eigenvalue weighted by atomic mass is 16.5. The topological polar surface area (TPSA) is 65.4 Å². The number of aromatic nitrogens is 2. The first-order valence-corrected chi connectivity index (χ1v) is 8.71. The van der Waals surface area contributed by atoms with Crippen LogP contribution in [0.1, 0.15) is 16.7 Å². The van der Waals surface area contributed by atoms with Crippen LogP contribution >= 0.6 is 0 Å². The van der Waals surface area contributed by atoms with Crippen LogP contribution in [0.25, 0.3) is 0 Å². The van der Waals surface area contributed by atoms with E-state index in [4.69, 9.17) is 9.47 Å². The van der Waals surface area contributed by atoms with E-state index in [1.165, 1.54) is 0 Å². The summed E-state index contributed by atoms with van der Waals surface area (Å²) in [4.78, 5) is 12.3. The molecule has 1 amide bonds. The molecule has 0 bridgehead atoms. The summed E-state index contributed by atoms with van der Waals surface area (Å²) in [6, 6.07) is 15.5. The van der Waals surface area contributed by atoms with Gasteiger partial charge in [0.25, 0.3) is 0 Å². The molecule has 0 radical (unpaired) electrons. The van der Waals surface area contributed by atoms with E-state index in [0.717, 1.165) is 16.7 Å². The molecule has 0 unspecified atom stereocenters. The molecule has 140 valence electrons. The summed E-state index contributed by atoms with van der Waals surface area (Å²) >= 11 is 0. The lowest BCUT2D eigenvalue weighted by molar-refractivity contribution is -0.120. The lowest BCUT2D eigenvalue weighted by Crippen LogP contribution is -2.24. The minimum atomic E-state index is -0.0593. The van der Waals surface area contributed by atoms with Gasteiger partial charge in [-0.3, -0.25) is 9.48 Å². The number of benzene rings is 2. The maximum Gasteiger partial charge on any atom is 0.224 e. The molecular weight excluding hydrogens is 342 g/mol. The van der Waals surface area contributed by atoms with E-state index < -0.39 is 0 Å². The number of carbonyl (C=O) groups excluding carboxylic acids is 1. The van der Waals surface area contributed by atoms with E-state index in [1.54, 1.807) is 26.5 Å². The van der Waals surface area contributed by atoms with Gasteiger partial charge in [-0.15, -0.1) is 0 Å². The fourth-order valence-electron chi connectivity index (χ4n) is 2.85. The van der Waals surface area contributed by atoms with Gasteiger partial charge in [0.1, 0.15) is 11.5 Å². The first-order valence-electron chi connectivity index (χ1n) is 8.71. The van der Waals surface area contributed by atoms with Crippen molar-refractivity contribution < 1.29 is 14.3 Å². The summed E-state index contributed by atoms with van der Waals surface area (Å²) < 4.78 is 12.4. The highest BCUT2D eigenvalue weighted by molar-refractivity contribution is 5.79. The van der Waals surface area contributed by atoms with E-state index in [9.17, 15) is 4.79 Å². The third-order valence-corrected chi connectivity index (χ3v) is 4.23. The molecule has 1 N–H and O–H groups in total. The van der Waals surface area contributed by atoms with Crippen LogP contribution in [0.2, 0.25) is 0 Å².